The number of rotatable bonds is 1. The lowest BCUT2D eigenvalue weighted by molar-refractivity contribution is -0.0586. The Labute approximate surface area is 99.4 Å². The smallest absolute Gasteiger partial charge is 0.255 e. The van der Waals surface area contributed by atoms with Crippen molar-refractivity contribution in [3.63, 3.8) is 0 Å². The van der Waals surface area contributed by atoms with Gasteiger partial charge in [-0.1, -0.05) is 0 Å². The zero-order valence-electron chi connectivity index (χ0n) is 9.97. The zero-order valence-corrected chi connectivity index (χ0v) is 9.97. The van der Waals surface area contributed by atoms with E-state index in [0.717, 1.165) is 0 Å². The molecule has 17 heavy (non-hydrogen) atoms. The number of aromatic nitrogens is 1. The summed E-state index contributed by atoms with van der Waals surface area (Å²) in [5.74, 6) is -0.0664. The highest BCUT2D eigenvalue weighted by molar-refractivity contribution is 5.93. The molecule has 1 fully saturated rings. The Bertz CT molecular complexity index is 439. The number of ether oxygens (including phenoxy) is 1. The summed E-state index contributed by atoms with van der Waals surface area (Å²) in [6.45, 7) is 5.07. The molecule has 1 aliphatic rings. The van der Waals surface area contributed by atoms with Crippen molar-refractivity contribution in [1.82, 2.24) is 9.88 Å². The van der Waals surface area contributed by atoms with E-state index in [1.165, 1.54) is 12.3 Å². The molecular formula is C12H16N2O3. The molecule has 0 bridgehead atoms. The minimum absolute atomic E-state index is 0.0467. The molecule has 0 saturated carbocycles. The van der Waals surface area contributed by atoms with Crippen molar-refractivity contribution in [2.75, 3.05) is 13.1 Å². The van der Waals surface area contributed by atoms with E-state index in [-0.39, 0.29) is 23.7 Å². The van der Waals surface area contributed by atoms with Crippen LogP contribution in [0.25, 0.3) is 0 Å². The van der Waals surface area contributed by atoms with Crippen molar-refractivity contribution >= 4 is 5.91 Å². The Morgan fingerprint density at radius 1 is 1.35 bits per heavy atom. The molecule has 2 rings (SSSR count). The van der Waals surface area contributed by atoms with Gasteiger partial charge in [-0.3, -0.25) is 9.59 Å². The number of hydrogen-bond acceptors (Lipinski definition) is 3. The standard InChI is InChI=1S/C12H16N2O3/c1-8-6-14(7-9(2)17-8)12(16)10-3-4-11(15)13-5-10/h3-5,8-9H,6-7H2,1-2H3,(H,13,15)/t8-,9+. The first-order valence-corrected chi connectivity index (χ1v) is 5.69. The third kappa shape index (κ3) is 2.74. The molecule has 1 amide bonds. The van der Waals surface area contributed by atoms with Gasteiger partial charge < -0.3 is 14.6 Å². The van der Waals surface area contributed by atoms with Crippen LogP contribution in [0.3, 0.4) is 0 Å². The predicted octanol–water partition coefficient (Wildman–Crippen LogP) is 0.624. The van der Waals surface area contributed by atoms with E-state index in [4.69, 9.17) is 4.74 Å². The molecule has 1 aliphatic heterocycles. The van der Waals surface area contributed by atoms with E-state index in [2.05, 4.69) is 4.98 Å². The van der Waals surface area contributed by atoms with Gasteiger partial charge in [0.05, 0.1) is 17.8 Å². The van der Waals surface area contributed by atoms with Gasteiger partial charge in [0.1, 0.15) is 0 Å². The van der Waals surface area contributed by atoms with Crippen molar-refractivity contribution in [1.29, 1.82) is 0 Å². The van der Waals surface area contributed by atoms with Gasteiger partial charge in [-0.2, -0.15) is 0 Å². The molecule has 92 valence electrons. The zero-order chi connectivity index (χ0) is 12.4. The van der Waals surface area contributed by atoms with E-state index >= 15 is 0 Å². The number of nitrogens with zero attached hydrogens (tertiary/aromatic N) is 1. The van der Waals surface area contributed by atoms with Crippen LogP contribution in [0.4, 0.5) is 0 Å². The average molecular weight is 236 g/mol. The van der Waals surface area contributed by atoms with Gasteiger partial charge in [-0.05, 0) is 19.9 Å². The molecule has 2 atom stereocenters. The SMILES string of the molecule is C[C@@H]1CN(C(=O)c2ccc(=O)[nH]c2)C[C@H](C)O1. The van der Waals surface area contributed by atoms with Gasteiger partial charge in [-0.25, -0.2) is 0 Å². The van der Waals surface area contributed by atoms with E-state index in [9.17, 15) is 9.59 Å². The molecule has 1 saturated heterocycles. The summed E-state index contributed by atoms with van der Waals surface area (Å²) in [5.41, 5.74) is 0.302. The Kier molecular flexibility index (Phi) is 3.28. The van der Waals surface area contributed by atoms with Crippen molar-refractivity contribution in [2.45, 2.75) is 26.1 Å². The van der Waals surface area contributed by atoms with Crippen molar-refractivity contribution in [3.05, 3.63) is 34.2 Å². The lowest BCUT2D eigenvalue weighted by atomic mass is 10.2. The molecule has 5 heteroatoms. The van der Waals surface area contributed by atoms with E-state index in [0.29, 0.717) is 18.7 Å². The number of pyridine rings is 1. The van der Waals surface area contributed by atoms with E-state index in [1.807, 2.05) is 13.8 Å². The lowest BCUT2D eigenvalue weighted by Crippen LogP contribution is -2.48. The molecule has 0 radical (unpaired) electrons. The fourth-order valence-corrected chi connectivity index (χ4v) is 2.07. The first-order valence-electron chi connectivity index (χ1n) is 5.69. The van der Waals surface area contributed by atoms with Crippen molar-refractivity contribution in [3.8, 4) is 0 Å². The maximum atomic E-state index is 12.2. The van der Waals surface area contributed by atoms with Crippen molar-refractivity contribution in [2.24, 2.45) is 0 Å². The highest BCUT2D eigenvalue weighted by atomic mass is 16.5. The van der Waals surface area contributed by atoms with Crippen LogP contribution in [-0.2, 0) is 4.74 Å². The quantitative estimate of drug-likeness (QED) is 0.777. The second-order valence-corrected chi connectivity index (χ2v) is 4.41. The summed E-state index contributed by atoms with van der Waals surface area (Å²) in [7, 11) is 0. The van der Waals surface area contributed by atoms with Crippen molar-refractivity contribution < 1.29 is 9.53 Å². The van der Waals surface area contributed by atoms with Gasteiger partial charge >= 0.3 is 0 Å². The molecule has 0 unspecified atom stereocenters. The molecular weight excluding hydrogens is 220 g/mol. The minimum Gasteiger partial charge on any atom is -0.372 e. The highest BCUT2D eigenvalue weighted by Crippen LogP contribution is 2.13. The Morgan fingerprint density at radius 3 is 2.53 bits per heavy atom. The second kappa shape index (κ2) is 4.71. The number of nitrogens with one attached hydrogen (secondary N) is 1. The number of morpholine rings is 1. The number of hydrogen-bond donors (Lipinski definition) is 1. The Hall–Kier alpha value is -1.62. The fourth-order valence-electron chi connectivity index (χ4n) is 2.07. The highest BCUT2D eigenvalue weighted by Gasteiger charge is 2.26. The molecule has 1 aromatic rings. The van der Waals surface area contributed by atoms with Gasteiger partial charge in [0, 0.05) is 25.4 Å². The van der Waals surface area contributed by atoms with Crippen LogP contribution in [0.2, 0.25) is 0 Å². The van der Waals surface area contributed by atoms with Crippen LogP contribution in [0.1, 0.15) is 24.2 Å². The van der Waals surface area contributed by atoms with Crippen LogP contribution in [0.15, 0.2) is 23.1 Å². The van der Waals surface area contributed by atoms with Crippen LogP contribution < -0.4 is 5.56 Å². The number of H-pyrrole nitrogens is 1. The van der Waals surface area contributed by atoms with Gasteiger partial charge in [-0.15, -0.1) is 0 Å². The van der Waals surface area contributed by atoms with Crippen LogP contribution >= 0.6 is 0 Å². The number of carbonyl (C=O) groups is 1. The first-order chi connectivity index (χ1) is 8.06. The van der Waals surface area contributed by atoms with Crippen LogP contribution in [0, 0.1) is 0 Å². The van der Waals surface area contributed by atoms with Crippen LogP contribution in [0.5, 0.6) is 0 Å². The summed E-state index contributed by atoms with van der Waals surface area (Å²) in [6.07, 6.45) is 1.55. The largest absolute Gasteiger partial charge is 0.372 e. The summed E-state index contributed by atoms with van der Waals surface area (Å²) in [4.78, 5) is 27.3. The number of amides is 1. The topological polar surface area (TPSA) is 62.4 Å². The Morgan fingerprint density at radius 2 is 2.00 bits per heavy atom. The monoisotopic (exact) mass is 236 g/mol. The van der Waals surface area contributed by atoms with E-state index < -0.39 is 0 Å². The maximum Gasteiger partial charge on any atom is 0.255 e. The average Bonchev–Trinajstić information content (AvgIpc) is 2.28. The molecule has 0 spiro atoms. The molecule has 1 N–H and O–H groups in total. The summed E-state index contributed by atoms with van der Waals surface area (Å²) < 4.78 is 5.57. The summed E-state index contributed by atoms with van der Waals surface area (Å²) >= 11 is 0. The molecule has 2 heterocycles. The molecule has 1 aromatic heterocycles. The third-order valence-corrected chi connectivity index (χ3v) is 2.74. The lowest BCUT2D eigenvalue weighted by Gasteiger charge is -2.35. The fraction of sp³-hybridized carbons (Fsp3) is 0.500. The number of carbonyl (C=O) groups excluding carboxylic acids is 1. The van der Waals surface area contributed by atoms with E-state index in [1.54, 1.807) is 11.0 Å². The maximum absolute atomic E-state index is 12.2. The summed E-state index contributed by atoms with van der Waals surface area (Å²) in [5, 5.41) is 0. The molecule has 0 aliphatic carbocycles. The third-order valence-electron chi connectivity index (χ3n) is 2.74. The molecule has 0 aromatic carbocycles. The van der Waals surface area contributed by atoms with Gasteiger partial charge in [0.15, 0.2) is 0 Å². The Balaban J connectivity index is 2.14. The summed E-state index contributed by atoms with van der Waals surface area (Å²) in [6, 6.07) is 2.91. The molecule has 5 nitrogen and oxygen atoms in total. The normalized spacial score (nSPS) is 24.7. The van der Waals surface area contributed by atoms with Gasteiger partial charge in [0.25, 0.3) is 5.91 Å². The van der Waals surface area contributed by atoms with Crippen LogP contribution in [-0.4, -0.2) is 41.1 Å². The van der Waals surface area contributed by atoms with Gasteiger partial charge in [0.2, 0.25) is 5.56 Å². The minimum atomic E-state index is -0.203. The first kappa shape index (κ1) is 11.9. The number of aromatic amines is 1. The second-order valence-electron chi connectivity index (χ2n) is 4.41. The predicted molar refractivity (Wildman–Crippen MR) is 63.0 cm³/mol.